The zero-order chi connectivity index (χ0) is 11.4. The number of pyridine rings is 2. The van der Waals surface area contributed by atoms with Crippen molar-refractivity contribution in [3.05, 3.63) is 58.9 Å². The molecular weight excluding hydrogens is 222 g/mol. The van der Waals surface area contributed by atoms with Crippen LogP contribution in [-0.4, -0.2) is 16.6 Å². The van der Waals surface area contributed by atoms with Crippen LogP contribution in [0.2, 0.25) is 5.15 Å². The molecule has 0 aromatic carbocycles. The molecule has 82 valence electrons. The van der Waals surface area contributed by atoms with E-state index in [-0.39, 0.29) is 0 Å². The van der Waals surface area contributed by atoms with E-state index in [9.17, 15) is 0 Å². The minimum atomic E-state index is 0.516. The van der Waals surface area contributed by atoms with Gasteiger partial charge in [0.15, 0.2) is 0 Å². The first-order valence-electron chi connectivity index (χ1n) is 4.98. The largest absolute Gasteiger partial charge is 0.329 e. The molecule has 4 heteroatoms. The number of nitrogens with zero attached hydrogens (tertiary/aromatic N) is 3. The van der Waals surface area contributed by atoms with E-state index in [0.29, 0.717) is 5.15 Å². The van der Waals surface area contributed by atoms with Gasteiger partial charge in [-0.05, 0) is 23.8 Å². The van der Waals surface area contributed by atoms with Gasteiger partial charge in [0.25, 0.3) is 0 Å². The van der Waals surface area contributed by atoms with Crippen molar-refractivity contribution < 1.29 is 0 Å². The van der Waals surface area contributed by atoms with E-state index < -0.39 is 0 Å². The molecule has 0 amide bonds. The molecule has 0 bridgehead atoms. The fourth-order valence-corrected chi connectivity index (χ4v) is 1.61. The number of aromatic nitrogens is 2. The van der Waals surface area contributed by atoms with Crippen LogP contribution < -0.4 is 5.49 Å². The Morgan fingerprint density at radius 3 is 2.88 bits per heavy atom. The molecule has 0 radical (unpaired) electrons. The van der Waals surface area contributed by atoms with Crippen LogP contribution in [0.1, 0.15) is 5.56 Å². The molecule has 0 N–H and O–H groups in total. The number of hydrogen-bond donors (Lipinski definition) is 0. The van der Waals surface area contributed by atoms with E-state index in [1.165, 1.54) is 0 Å². The second-order valence-electron chi connectivity index (χ2n) is 3.40. The molecule has 0 unspecified atom stereocenters. The van der Waals surface area contributed by atoms with Crippen molar-refractivity contribution in [3.8, 4) is 0 Å². The van der Waals surface area contributed by atoms with Gasteiger partial charge in [-0.3, -0.25) is 4.99 Å². The summed E-state index contributed by atoms with van der Waals surface area (Å²) in [7, 11) is 1.78. The lowest BCUT2D eigenvalue weighted by atomic mass is 10.3. The third-order valence-corrected chi connectivity index (χ3v) is 2.51. The average Bonchev–Trinajstić information content (AvgIpc) is 2.33. The molecule has 0 atom stereocenters. The number of rotatable bonds is 2. The van der Waals surface area contributed by atoms with Crippen LogP contribution >= 0.6 is 11.6 Å². The van der Waals surface area contributed by atoms with E-state index in [1.54, 1.807) is 19.3 Å². The summed E-state index contributed by atoms with van der Waals surface area (Å²) in [5.74, 6) is 0. The summed E-state index contributed by atoms with van der Waals surface area (Å²) < 4.78 is 2.06. The van der Waals surface area contributed by atoms with Gasteiger partial charge in [0, 0.05) is 19.4 Å². The quantitative estimate of drug-likeness (QED) is 0.731. The van der Waals surface area contributed by atoms with Gasteiger partial charge in [0.1, 0.15) is 10.6 Å². The SMILES string of the molecule is CN=c1ccccn1Cc1ccc(Cl)nc1. The summed E-state index contributed by atoms with van der Waals surface area (Å²) in [5.41, 5.74) is 2.04. The lowest BCUT2D eigenvalue weighted by Crippen LogP contribution is -2.20. The average molecular weight is 234 g/mol. The van der Waals surface area contributed by atoms with Crippen LogP contribution in [0.3, 0.4) is 0 Å². The van der Waals surface area contributed by atoms with E-state index in [0.717, 1.165) is 17.6 Å². The highest BCUT2D eigenvalue weighted by atomic mass is 35.5. The minimum absolute atomic E-state index is 0.516. The summed E-state index contributed by atoms with van der Waals surface area (Å²) in [5, 5.41) is 0.516. The lowest BCUT2D eigenvalue weighted by molar-refractivity contribution is 0.736. The van der Waals surface area contributed by atoms with Gasteiger partial charge < -0.3 is 4.57 Å². The Morgan fingerprint density at radius 2 is 2.19 bits per heavy atom. The maximum atomic E-state index is 5.74. The standard InChI is InChI=1S/C12H12ClN3/c1-14-12-4-2-3-7-16(12)9-10-5-6-11(13)15-8-10/h2-8H,9H2,1H3. The fraction of sp³-hybridized carbons (Fsp3) is 0.167. The molecule has 2 heterocycles. The highest BCUT2D eigenvalue weighted by molar-refractivity contribution is 6.29. The summed E-state index contributed by atoms with van der Waals surface area (Å²) in [6, 6.07) is 9.69. The molecule has 2 rings (SSSR count). The zero-order valence-electron chi connectivity index (χ0n) is 8.97. The Morgan fingerprint density at radius 1 is 1.31 bits per heavy atom. The van der Waals surface area contributed by atoms with Crippen molar-refractivity contribution >= 4 is 11.6 Å². The Bertz CT molecular complexity index is 528. The summed E-state index contributed by atoms with van der Waals surface area (Å²) in [6.07, 6.45) is 3.78. The van der Waals surface area contributed by atoms with Crippen molar-refractivity contribution in [2.75, 3.05) is 7.05 Å². The van der Waals surface area contributed by atoms with Crippen LogP contribution in [0, 0.1) is 0 Å². The van der Waals surface area contributed by atoms with Crippen LogP contribution in [0.15, 0.2) is 47.7 Å². The topological polar surface area (TPSA) is 30.2 Å². The first-order valence-corrected chi connectivity index (χ1v) is 5.36. The second-order valence-corrected chi connectivity index (χ2v) is 3.79. The molecule has 16 heavy (non-hydrogen) atoms. The molecule has 2 aromatic rings. The first-order chi connectivity index (χ1) is 7.79. The maximum Gasteiger partial charge on any atom is 0.129 e. The van der Waals surface area contributed by atoms with E-state index in [4.69, 9.17) is 11.6 Å². The highest BCUT2D eigenvalue weighted by Gasteiger charge is 1.96. The van der Waals surface area contributed by atoms with Gasteiger partial charge in [-0.1, -0.05) is 23.7 Å². The molecule has 0 aliphatic rings. The van der Waals surface area contributed by atoms with Crippen molar-refractivity contribution in [1.82, 2.24) is 9.55 Å². The van der Waals surface area contributed by atoms with E-state index >= 15 is 0 Å². The summed E-state index contributed by atoms with van der Waals surface area (Å²) in [4.78, 5) is 8.25. The number of halogens is 1. The monoisotopic (exact) mass is 233 g/mol. The van der Waals surface area contributed by atoms with Gasteiger partial charge in [-0.2, -0.15) is 0 Å². The van der Waals surface area contributed by atoms with Gasteiger partial charge in [0.2, 0.25) is 0 Å². The lowest BCUT2D eigenvalue weighted by Gasteiger charge is -2.06. The van der Waals surface area contributed by atoms with Gasteiger partial charge in [-0.15, -0.1) is 0 Å². The van der Waals surface area contributed by atoms with E-state index in [2.05, 4.69) is 14.5 Å². The smallest absolute Gasteiger partial charge is 0.129 e. The molecular formula is C12H12ClN3. The highest BCUT2D eigenvalue weighted by Crippen LogP contribution is 2.05. The molecule has 2 aromatic heterocycles. The predicted molar refractivity (Wildman–Crippen MR) is 64.3 cm³/mol. The Balaban J connectivity index is 2.31. The minimum Gasteiger partial charge on any atom is -0.329 e. The molecule has 0 spiro atoms. The molecule has 0 aliphatic heterocycles. The maximum absolute atomic E-state index is 5.74. The fourth-order valence-electron chi connectivity index (χ4n) is 1.50. The molecule has 0 saturated heterocycles. The van der Waals surface area contributed by atoms with Crippen LogP contribution in [0.5, 0.6) is 0 Å². The normalized spacial score (nSPS) is 11.8. The van der Waals surface area contributed by atoms with Crippen LogP contribution in [0.25, 0.3) is 0 Å². The number of hydrogen-bond acceptors (Lipinski definition) is 2. The van der Waals surface area contributed by atoms with Crippen molar-refractivity contribution in [2.45, 2.75) is 6.54 Å². The Hall–Kier alpha value is -1.61. The van der Waals surface area contributed by atoms with Crippen molar-refractivity contribution in [3.63, 3.8) is 0 Å². The van der Waals surface area contributed by atoms with Crippen LogP contribution in [0.4, 0.5) is 0 Å². The van der Waals surface area contributed by atoms with Crippen LogP contribution in [-0.2, 0) is 6.54 Å². The third kappa shape index (κ3) is 2.49. The van der Waals surface area contributed by atoms with Crippen molar-refractivity contribution in [1.29, 1.82) is 0 Å². The summed E-state index contributed by atoms with van der Waals surface area (Å²) >= 11 is 5.74. The first kappa shape index (κ1) is 10.9. The second kappa shape index (κ2) is 4.94. The van der Waals surface area contributed by atoms with Gasteiger partial charge in [-0.25, -0.2) is 4.98 Å². The Kier molecular flexibility index (Phi) is 3.37. The predicted octanol–water partition coefficient (Wildman–Crippen LogP) is 2.12. The Labute approximate surface area is 99.1 Å². The molecule has 0 aliphatic carbocycles. The van der Waals surface area contributed by atoms with Gasteiger partial charge in [0.05, 0.1) is 6.54 Å². The zero-order valence-corrected chi connectivity index (χ0v) is 9.72. The van der Waals surface area contributed by atoms with Crippen molar-refractivity contribution in [2.24, 2.45) is 4.99 Å². The molecule has 3 nitrogen and oxygen atoms in total. The summed E-state index contributed by atoms with van der Waals surface area (Å²) in [6.45, 7) is 0.748. The third-order valence-electron chi connectivity index (χ3n) is 2.29. The van der Waals surface area contributed by atoms with Gasteiger partial charge >= 0.3 is 0 Å². The van der Waals surface area contributed by atoms with E-state index in [1.807, 2.05) is 30.5 Å². The molecule has 0 saturated carbocycles. The molecule has 0 fully saturated rings.